The number of morpholine rings is 1. The van der Waals surface area contributed by atoms with Gasteiger partial charge < -0.3 is 30.3 Å². The van der Waals surface area contributed by atoms with Crippen LogP contribution in [0.5, 0.6) is 0 Å². The third kappa shape index (κ3) is 5.67. The number of hydrogen-bond acceptors (Lipinski definition) is 9. The molecule has 3 N–H and O–H groups in total. The van der Waals surface area contributed by atoms with Crippen molar-refractivity contribution in [1.29, 1.82) is 0 Å². The van der Waals surface area contributed by atoms with E-state index >= 15 is 0 Å². The Balaban J connectivity index is 1.54. The first-order valence-electron chi connectivity index (χ1n) is 11.5. The summed E-state index contributed by atoms with van der Waals surface area (Å²) in [7, 11) is 3.71. The minimum atomic E-state index is -0.441. The van der Waals surface area contributed by atoms with Crippen molar-refractivity contribution in [3.63, 3.8) is 0 Å². The van der Waals surface area contributed by atoms with Gasteiger partial charge in [-0.25, -0.2) is 9.97 Å². The SMILES string of the molecule is COC[C@@H](C)N(C)c1ccc(-c2cnc(N)c(C(=O)Nc3cnccc3N3CCOCC3)n2)cc1. The first-order valence-corrected chi connectivity index (χ1v) is 11.5. The van der Waals surface area contributed by atoms with Gasteiger partial charge in [-0.3, -0.25) is 9.78 Å². The molecule has 0 aliphatic carbocycles. The summed E-state index contributed by atoms with van der Waals surface area (Å²) in [5.41, 5.74) is 10.00. The van der Waals surface area contributed by atoms with Gasteiger partial charge in [-0.15, -0.1) is 0 Å². The summed E-state index contributed by atoms with van der Waals surface area (Å²) in [6, 6.07) is 10.0. The highest BCUT2D eigenvalue weighted by Crippen LogP contribution is 2.27. The fraction of sp³-hybridized carbons (Fsp3) is 0.360. The van der Waals surface area contributed by atoms with Crippen LogP contribution in [0.25, 0.3) is 11.3 Å². The van der Waals surface area contributed by atoms with Crippen molar-refractivity contribution in [2.45, 2.75) is 13.0 Å². The Labute approximate surface area is 205 Å². The van der Waals surface area contributed by atoms with Gasteiger partial charge in [0, 0.05) is 50.7 Å². The minimum absolute atomic E-state index is 0.0628. The van der Waals surface area contributed by atoms with Gasteiger partial charge in [-0.2, -0.15) is 0 Å². The van der Waals surface area contributed by atoms with Crippen molar-refractivity contribution < 1.29 is 14.3 Å². The quantitative estimate of drug-likeness (QED) is 0.505. The zero-order valence-electron chi connectivity index (χ0n) is 20.3. The highest BCUT2D eigenvalue weighted by molar-refractivity contribution is 6.07. The molecule has 4 rings (SSSR count). The predicted molar refractivity (Wildman–Crippen MR) is 137 cm³/mol. The number of methoxy groups -OCH3 is 1. The average Bonchev–Trinajstić information content (AvgIpc) is 2.89. The molecule has 0 bridgehead atoms. The lowest BCUT2D eigenvalue weighted by Crippen LogP contribution is -2.36. The number of carbonyl (C=O) groups is 1. The molecular weight excluding hydrogens is 446 g/mol. The smallest absolute Gasteiger partial charge is 0.278 e. The normalized spacial score (nSPS) is 14.4. The number of amides is 1. The fourth-order valence-electron chi connectivity index (χ4n) is 3.92. The van der Waals surface area contributed by atoms with Crippen LogP contribution >= 0.6 is 0 Å². The average molecular weight is 478 g/mol. The van der Waals surface area contributed by atoms with Crippen LogP contribution in [-0.2, 0) is 9.47 Å². The van der Waals surface area contributed by atoms with E-state index in [9.17, 15) is 4.79 Å². The highest BCUT2D eigenvalue weighted by Gasteiger charge is 2.20. The van der Waals surface area contributed by atoms with Gasteiger partial charge in [-0.05, 0) is 25.1 Å². The number of nitrogens with one attached hydrogen (secondary N) is 1. The van der Waals surface area contributed by atoms with Crippen molar-refractivity contribution in [2.24, 2.45) is 0 Å². The number of nitrogens with zero attached hydrogens (tertiary/aromatic N) is 5. The van der Waals surface area contributed by atoms with E-state index in [0.29, 0.717) is 31.2 Å². The Morgan fingerprint density at radius 1 is 1.23 bits per heavy atom. The molecule has 1 aliphatic heterocycles. The van der Waals surface area contributed by atoms with Crippen molar-refractivity contribution >= 4 is 28.8 Å². The molecule has 3 aromatic rings. The van der Waals surface area contributed by atoms with Crippen molar-refractivity contribution in [1.82, 2.24) is 15.0 Å². The zero-order chi connectivity index (χ0) is 24.8. The number of nitrogen functional groups attached to an aromatic ring is 1. The molecule has 1 amide bonds. The second-order valence-electron chi connectivity index (χ2n) is 8.40. The zero-order valence-corrected chi connectivity index (χ0v) is 20.3. The lowest BCUT2D eigenvalue weighted by Gasteiger charge is -2.30. The molecule has 1 aromatic carbocycles. The molecule has 1 atom stereocenters. The number of rotatable bonds is 8. The van der Waals surface area contributed by atoms with E-state index in [4.69, 9.17) is 15.2 Å². The van der Waals surface area contributed by atoms with Crippen LogP contribution in [0.15, 0.2) is 48.9 Å². The van der Waals surface area contributed by atoms with Gasteiger partial charge in [0.05, 0.1) is 49.3 Å². The first-order chi connectivity index (χ1) is 17.0. The Kier molecular flexibility index (Phi) is 7.74. The number of aromatic nitrogens is 3. The van der Waals surface area contributed by atoms with Gasteiger partial charge in [0.2, 0.25) is 0 Å². The number of anilines is 4. The van der Waals surface area contributed by atoms with E-state index in [1.165, 1.54) is 0 Å². The van der Waals surface area contributed by atoms with E-state index < -0.39 is 5.91 Å². The van der Waals surface area contributed by atoms with Crippen LogP contribution in [0, 0.1) is 0 Å². The lowest BCUT2D eigenvalue weighted by atomic mass is 10.1. The van der Waals surface area contributed by atoms with Gasteiger partial charge in [0.15, 0.2) is 11.5 Å². The van der Waals surface area contributed by atoms with Crippen molar-refractivity contribution in [3.05, 3.63) is 54.6 Å². The molecule has 0 radical (unpaired) electrons. The summed E-state index contributed by atoms with van der Waals surface area (Å²) in [4.78, 5) is 30.4. The summed E-state index contributed by atoms with van der Waals surface area (Å²) in [5.74, 6) is -0.378. The summed E-state index contributed by atoms with van der Waals surface area (Å²) in [5, 5.41) is 2.91. The Bertz CT molecular complexity index is 1150. The molecule has 35 heavy (non-hydrogen) atoms. The van der Waals surface area contributed by atoms with E-state index in [0.717, 1.165) is 30.0 Å². The number of likely N-dealkylation sites (N-methyl/N-ethyl adjacent to an activating group) is 1. The van der Waals surface area contributed by atoms with Gasteiger partial charge in [-0.1, -0.05) is 12.1 Å². The first kappa shape index (κ1) is 24.4. The summed E-state index contributed by atoms with van der Waals surface area (Å²) in [6.45, 7) is 5.47. The third-order valence-electron chi connectivity index (χ3n) is 6.05. The maximum atomic E-state index is 13.2. The Morgan fingerprint density at radius 2 is 1.97 bits per heavy atom. The largest absolute Gasteiger partial charge is 0.383 e. The molecule has 184 valence electrons. The monoisotopic (exact) mass is 477 g/mol. The maximum absolute atomic E-state index is 13.2. The van der Waals surface area contributed by atoms with E-state index in [2.05, 4.69) is 37.0 Å². The van der Waals surface area contributed by atoms with Crippen LogP contribution < -0.4 is 20.9 Å². The minimum Gasteiger partial charge on any atom is -0.383 e. The van der Waals surface area contributed by atoms with E-state index in [1.807, 2.05) is 37.4 Å². The van der Waals surface area contributed by atoms with E-state index in [-0.39, 0.29) is 17.6 Å². The molecule has 1 aliphatic rings. The predicted octanol–water partition coefficient (Wildman–Crippen LogP) is 2.68. The Hall–Kier alpha value is -3.76. The molecule has 0 saturated carbocycles. The summed E-state index contributed by atoms with van der Waals surface area (Å²) >= 11 is 0. The number of hydrogen-bond donors (Lipinski definition) is 2. The molecule has 0 spiro atoms. The topological polar surface area (TPSA) is 119 Å². The molecule has 1 saturated heterocycles. The van der Waals surface area contributed by atoms with Crippen LogP contribution in [0.2, 0.25) is 0 Å². The highest BCUT2D eigenvalue weighted by atomic mass is 16.5. The molecular formula is C25H31N7O3. The van der Waals surface area contributed by atoms with E-state index in [1.54, 1.807) is 25.7 Å². The van der Waals surface area contributed by atoms with Crippen molar-refractivity contribution in [3.8, 4) is 11.3 Å². The number of nitrogens with two attached hydrogens (primary N) is 1. The summed E-state index contributed by atoms with van der Waals surface area (Å²) < 4.78 is 10.7. The molecule has 1 fully saturated rings. The number of ether oxygens (including phenoxy) is 2. The second-order valence-corrected chi connectivity index (χ2v) is 8.40. The molecule has 10 nitrogen and oxygen atoms in total. The molecule has 10 heteroatoms. The lowest BCUT2D eigenvalue weighted by molar-refractivity contribution is 0.102. The third-order valence-corrected chi connectivity index (χ3v) is 6.05. The van der Waals surface area contributed by atoms with Crippen LogP contribution in [0.1, 0.15) is 17.4 Å². The second kappa shape index (κ2) is 11.1. The maximum Gasteiger partial charge on any atom is 0.278 e. The van der Waals surface area contributed by atoms with Crippen molar-refractivity contribution in [2.75, 3.05) is 67.9 Å². The van der Waals surface area contributed by atoms with Gasteiger partial charge in [0.25, 0.3) is 5.91 Å². The number of carbonyl (C=O) groups excluding carboxylic acids is 1. The number of pyridine rings is 1. The van der Waals surface area contributed by atoms with Crippen LogP contribution in [0.4, 0.5) is 22.9 Å². The van der Waals surface area contributed by atoms with Gasteiger partial charge >= 0.3 is 0 Å². The van der Waals surface area contributed by atoms with Crippen LogP contribution in [0.3, 0.4) is 0 Å². The Morgan fingerprint density at radius 3 is 2.69 bits per heavy atom. The molecule has 0 unspecified atom stereocenters. The van der Waals surface area contributed by atoms with Gasteiger partial charge in [0.1, 0.15) is 0 Å². The molecule has 2 aromatic heterocycles. The van der Waals surface area contributed by atoms with Crippen LogP contribution in [-0.4, -0.2) is 74.0 Å². The standard InChI is InChI=1S/C25H31N7O3/c1-17(16-34-3)31(2)19-6-4-18(5-7-19)20-15-28-24(26)23(29-20)25(33)30-21-14-27-9-8-22(21)32-10-12-35-13-11-32/h4-9,14-15,17H,10-13,16H2,1-3H3,(H2,26,28)(H,30,33)/t17-/m1/s1. The molecule has 3 heterocycles. The fourth-order valence-corrected chi connectivity index (χ4v) is 3.92. The summed E-state index contributed by atoms with van der Waals surface area (Å²) in [6.07, 6.45) is 4.89. The number of benzene rings is 1.